The van der Waals surface area contributed by atoms with E-state index in [-0.39, 0.29) is 30.4 Å². The number of carbonyl (C=O) groups is 1. The van der Waals surface area contributed by atoms with E-state index in [1.165, 1.54) is 52.3 Å². The molecule has 0 N–H and O–H groups in total. The highest BCUT2D eigenvalue weighted by Crippen LogP contribution is 2.26. The number of rotatable bonds is 7. The number of halogens is 2. The first-order valence-electron chi connectivity index (χ1n) is 8.39. The SMILES string of the molecule is N#CCCN(C(=O)CSc1nn(-c2ccc(Cl)cc2)c(=S)s1)c1ccc(F)cc1. The first-order chi connectivity index (χ1) is 14.0. The number of carbonyl (C=O) groups excluding carboxylic acids is 1. The Bertz CT molecular complexity index is 1090. The van der Waals surface area contributed by atoms with Gasteiger partial charge in [0.05, 0.1) is 23.9 Å². The maximum Gasteiger partial charge on any atom is 0.237 e. The Labute approximate surface area is 185 Å². The van der Waals surface area contributed by atoms with Gasteiger partial charge >= 0.3 is 0 Å². The van der Waals surface area contributed by atoms with Crippen LogP contribution in [0.25, 0.3) is 5.69 Å². The molecular formula is C19H14ClFN4OS3. The second kappa shape index (κ2) is 9.98. The monoisotopic (exact) mass is 464 g/mol. The van der Waals surface area contributed by atoms with Crippen molar-refractivity contribution in [3.05, 3.63) is 63.3 Å². The molecular weight excluding hydrogens is 451 g/mol. The smallest absolute Gasteiger partial charge is 0.237 e. The van der Waals surface area contributed by atoms with E-state index in [1.807, 2.05) is 18.2 Å². The Kier molecular flexibility index (Phi) is 7.39. The molecule has 2 aromatic carbocycles. The van der Waals surface area contributed by atoms with E-state index in [1.54, 1.807) is 16.8 Å². The summed E-state index contributed by atoms with van der Waals surface area (Å²) in [6.45, 7) is 0.233. The molecule has 1 heterocycles. The fourth-order valence-electron chi connectivity index (χ4n) is 2.45. The minimum absolute atomic E-state index is 0.117. The number of thioether (sulfide) groups is 1. The predicted octanol–water partition coefficient (Wildman–Crippen LogP) is 5.49. The van der Waals surface area contributed by atoms with Crippen LogP contribution in [0.1, 0.15) is 6.42 Å². The minimum Gasteiger partial charge on any atom is -0.311 e. The van der Waals surface area contributed by atoms with Gasteiger partial charge in [0.25, 0.3) is 0 Å². The summed E-state index contributed by atoms with van der Waals surface area (Å²) in [5.74, 6) is -0.467. The van der Waals surface area contributed by atoms with Crippen LogP contribution in [0.4, 0.5) is 10.1 Å². The van der Waals surface area contributed by atoms with Crippen LogP contribution in [0.5, 0.6) is 0 Å². The lowest BCUT2D eigenvalue weighted by Gasteiger charge is -2.21. The van der Waals surface area contributed by atoms with Crippen molar-refractivity contribution in [1.82, 2.24) is 9.78 Å². The lowest BCUT2D eigenvalue weighted by Crippen LogP contribution is -2.33. The quantitative estimate of drug-likeness (QED) is 0.341. The largest absolute Gasteiger partial charge is 0.311 e. The molecule has 0 unspecified atom stereocenters. The summed E-state index contributed by atoms with van der Waals surface area (Å²) >= 11 is 13.9. The topological polar surface area (TPSA) is 61.9 Å². The highest BCUT2D eigenvalue weighted by Gasteiger charge is 2.17. The molecule has 0 saturated heterocycles. The molecule has 0 atom stereocenters. The summed E-state index contributed by atoms with van der Waals surface area (Å²) in [4.78, 5) is 14.2. The Hall–Kier alpha value is -2.25. The maximum atomic E-state index is 13.2. The molecule has 0 bridgehead atoms. The molecule has 1 amide bonds. The van der Waals surface area contributed by atoms with Gasteiger partial charge in [-0.05, 0) is 60.7 Å². The van der Waals surface area contributed by atoms with E-state index in [2.05, 4.69) is 5.10 Å². The Balaban J connectivity index is 1.72. The van der Waals surface area contributed by atoms with Gasteiger partial charge in [0, 0.05) is 17.3 Å². The second-order valence-corrected chi connectivity index (χ2v) is 9.02. The predicted molar refractivity (Wildman–Crippen MR) is 117 cm³/mol. The van der Waals surface area contributed by atoms with E-state index in [0.29, 0.717) is 19.0 Å². The van der Waals surface area contributed by atoms with Crippen molar-refractivity contribution in [2.75, 3.05) is 17.2 Å². The average Bonchev–Trinajstić information content (AvgIpc) is 3.09. The standard InChI is InChI=1S/C19H14ClFN4OS3/c20-13-2-6-16(7-3-13)25-19(27)29-18(23-25)28-12-17(26)24(11-1-10-22)15-8-4-14(21)5-9-15/h2-9H,1,11-12H2. The molecule has 3 rings (SSSR count). The van der Waals surface area contributed by atoms with Crippen LogP contribution >= 0.6 is 46.9 Å². The fraction of sp³-hybridized carbons (Fsp3) is 0.158. The van der Waals surface area contributed by atoms with Crippen molar-refractivity contribution in [1.29, 1.82) is 5.26 Å². The number of hydrogen-bond acceptors (Lipinski definition) is 6. The molecule has 1 aromatic heterocycles. The van der Waals surface area contributed by atoms with Gasteiger partial charge in [0.2, 0.25) is 5.91 Å². The zero-order valence-electron chi connectivity index (χ0n) is 14.9. The minimum atomic E-state index is -0.386. The van der Waals surface area contributed by atoms with Crippen LogP contribution in [0.2, 0.25) is 5.02 Å². The number of aromatic nitrogens is 2. The molecule has 0 spiro atoms. The van der Waals surface area contributed by atoms with E-state index in [0.717, 1.165) is 5.69 Å². The van der Waals surface area contributed by atoms with Gasteiger partial charge in [0.1, 0.15) is 5.82 Å². The summed E-state index contributed by atoms with van der Waals surface area (Å²) in [5, 5.41) is 14.0. The van der Waals surface area contributed by atoms with Crippen molar-refractivity contribution in [3.63, 3.8) is 0 Å². The number of nitriles is 1. The first kappa shape index (κ1) is 21.5. The highest BCUT2D eigenvalue weighted by atomic mass is 35.5. The van der Waals surface area contributed by atoms with Crippen LogP contribution in [0, 0.1) is 21.1 Å². The van der Waals surface area contributed by atoms with Gasteiger partial charge < -0.3 is 4.90 Å². The number of amides is 1. The fourth-order valence-corrected chi connectivity index (χ4v) is 4.81. The third kappa shape index (κ3) is 5.64. The van der Waals surface area contributed by atoms with E-state index in [9.17, 15) is 9.18 Å². The number of benzene rings is 2. The molecule has 0 radical (unpaired) electrons. The second-order valence-electron chi connectivity index (χ2n) is 5.74. The summed E-state index contributed by atoms with van der Waals surface area (Å²) in [6.07, 6.45) is 0.178. The third-order valence-electron chi connectivity index (χ3n) is 3.81. The summed E-state index contributed by atoms with van der Waals surface area (Å²) in [6, 6.07) is 14.8. The summed E-state index contributed by atoms with van der Waals surface area (Å²) in [5.41, 5.74) is 1.34. The molecule has 29 heavy (non-hydrogen) atoms. The van der Waals surface area contributed by atoms with Crippen molar-refractivity contribution in [3.8, 4) is 11.8 Å². The first-order valence-corrected chi connectivity index (χ1v) is 11.0. The zero-order valence-corrected chi connectivity index (χ0v) is 18.1. The van der Waals surface area contributed by atoms with Gasteiger partial charge in [-0.1, -0.05) is 34.7 Å². The molecule has 3 aromatic rings. The Morgan fingerprint density at radius 1 is 1.28 bits per heavy atom. The molecule has 5 nitrogen and oxygen atoms in total. The van der Waals surface area contributed by atoms with Gasteiger partial charge in [-0.2, -0.15) is 5.26 Å². The van der Waals surface area contributed by atoms with Crippen LogP contribution in [0.15, 0.2) is 52.9 Å². The maximum absolute atomic E-state index is 13.2. The molecule has 0 aliphatic heterocycles. The highest BCUT2D eigenvalue weighted by molar-refractivity contribution is 8.01. The van der Waals surface area contributed by atoms with E-state index in [4.69, 9.17) is 29.1 Å². The van der Waals surface area contributed by atoms with E-state index < -0.39 is 0 Å². The number of nitrogens with zero attached hydrogens (tertiary/aromatic N) is 4. The van der Waals surface area contributed by atoms with Gasteiger partial charge in [-0.25, -0.2) is 9.07 Å². The van der Waals surface area contributed by atoms with Crippen molar-refractivity contribution >= 4 is 58.5 Å². The van der Waals surface area contributed by atoms with Crippen LogP contribution in [-0.2, 0) is 4.79 Å². The Morgan fingerprint density at radius 3 is 2.62 bits per heavy atom. The molecule has 0 aliphatic rings. The Morgan fingerprint density at radius 2 is 1.97 bits per heavy atom. The molecule has 0 fully saturated rings. The molecule has 0 saturated carbocycles. The van der Waals surface area contributed by atoms with Crippen molar-refractivity contribution < 1.29 is 9.18 Å². The number of anilines is 1. The lowest BCUT2D eigenvalue weighted by molar-refractivity contribution is -0.116. The number of hydrogen-bond donors (Lipinski definition) is 0. The van der Waals surface area contributed by atoms with Gasteiger partial charge in [0.15, 0.2) is 8.29 Å². The zero-order chi connectivity index (χ0) is 20.8. The molecule has 10 heteroatoms. The summed E-state index contributed by atoms with van der Waals surface area (Å²) in [7, 11) is 0. The molecule has 0 aliphatic carbocycles. The van der Waals surface area contributed by atoms with Gasteiger partial charge in [-0.3, -0.25) is 4.79 Å². The third-order valence-corrected chi connectivity index (χ3v) is 6.41. The van der Waals surface area contributed by atoms with Crippen LogP contribution in [0.3, 0.4) is 0 Å². The summed E-state index contributed by atoms with van der Waals surface area (Å²) < 4.78 is 16.0. The lowest BCUT2D eigenvalue weighted by atomic mass is 10.2. The van der Waals surface area contributed by atoms with Crippen LogP contribution < -0.4 is 4.90 Å². The van der Waals surface area contributed by atoms with Crippen molar-refractivity contribution in [2.24, 2.45) is 0 Å². The van der Waals surface area contributed by atoms with Crippen LogP contribution in [-0.4, -0.2) is 28.0 Å². The van der Waals surface area contributed by atoms with Gasteiger partial charge in [-0.15, -0.1) is 5.10 Å². The molecule has 148 valence electrons. The average molecular weight is 465 g/mol. The van der Waals surface area contributed by atoms with E-state index >= 15 is 0 Å². The normalized spacial score (nSPS) is 10.5. The van der Waals surface area contributed by atoms with Crippen molar-refractivity contribution in [2.45, 2.75) is 10.8 Å².